The van der Waals surface area contributed by atoms with Crippen molar-refractivity contribution in [2.24, 2.45) is 0 Å². The summed E-state index contributed by atoms with van der Waals surface area (Å²) in [5, 5.41) is 11.0. The number of ketones is 1. The number of rotatable bonds is 7. The van der Waals surface area contributed by atoms with E-state index in [0.29, 0.717) is 21.5 Å². The van der Waals surface area contributed by atoms with Gasteiger partial charge in [0.25, 0.3) is 5.56 Å². The van der Waals surface area contributed by atoms with Crippen LogP contribution in [0.2, 0.25) is 0 Å². The Morgan fingerprint density at radius 3 is 2.55 bits per heavy atom. The average Bonchev–Trinajstić information content (AvgIpc) is 3.12. The molecule has 0 spiro atoms. The van der Waals surface area contributed by atoms with Crippen LogP contribution in [0, 0.1) is 6.92 Å². The van der Waals surface area contributed by atoms with Crippen LogP contribution in [0.15, 0.2) is 65.7 Å². The van der Waals surface area contributed by atoms with E-state index in [4.69, 9.17) is 4.74 Å². The lowest BCUT2D eigenvalue weighted by atomic mass is 10.0. The van der Waals surface area contributed by atoms with Crippen molar-refractivity contribution in [3.63, 3.8) is 0 Å². The van der Waals surface area contributed by atoms with E-state index in [1.807, 2.05) is 37.3 Å². The van der Waals surface area contributed by atoms with Crippen molar-refractivity contribution in [3.8, 4) is 16.9 Å². The molecule has 31 heavy (non-hydrogen) atoms. The van der Waals surface area contributed by atoms with Gasteiger partial charge in [-0.1, -0.05) is 30.3 Å². The molecule has 2 aromatic carbocycles. The zero-order valence-corrected chi connectivity index (χ0v) is 18.1. The Hall–Kier alpha value is -3.29. The molecule has 7 heteroatoms. The number of aryl methyl sites for hydroxylation is 1. The molecule has 0 saturated heterocycles. The number of thiophene rings is 1. The van der Waals surface area contributed by atoms with Crippen molar-refractivity contribution in [3.05, 3.63) is 81.7 Å². The lowest BCUT2D eigenvalue weighted by Crippen LogP contribution is -2.30. The summed E-state index contributed by atoms with van der Waals surface area (Å²) in [5.74, 6) is 0.525. The number of carbonyl (C=O) groups excluding carboxylic acids is 1. The van der Waals surface area contributed by atoms with Gasteiger partial charge < -0.3 is 9.84 Å². The number of benzene rings is 2. The van der Waals surface area contributed by atoms with Crippen LogP contribution >= 0.6 is 11.3 Å². The van der Waals surface area contributed by atoms with Gasteiger partial charge >= 0.3 is 0 Å². The normalized spacial score (nSPS) is 12.1. The molecule has 1 atom stereocenters. The van der Waals surface area contributed by atoms with Gasteiger partial charge in [-0.2, -0.15) is 0 Å². The summed E-state index contributed by atoms with van der Waals surface area (Å²) in [6.07, 6.45) is 0.574. The Kier molecular flexibility index (Phi) is 5.97. The SMILES string of the molecule is CC(=O)c1ccc(OC[C@@H](O)Cn2cnc3sc(C)c(-c4ccccc4)c3c2=O)cc1. The smallest absolute Gasteiger partial charge is 0.262 e. The van der Waals surface area contributed by atoms with Crippen LogP contribution in [0.3, 0.4) is 0 Å². The minimum atomic E-state index is -0.899. The molecule has 0 bridgehead atoms. The molecule has 4 rings (SSSR count). The van der Waals surface area contributed by atoms with E-state index in [0.717, 1.165) is 16.0 Å². The first-order valence-electron chi connectivity index (χ1n) is 9.90. The number of aliphatic hydroxyl groups is 1. The lowest BCUT2D eigenvalue weighted by molar-refractivity contribution is 0.0914. The molecular formula is C24H22N2O4S. The van der Waals surface area contributed by atoms with Crippen molar-refractivity contribution in [1.29, 1.82) is 0 Å². The first-order valence-corrected chi connectivity index (χ1v) is 10.7. The number of hydrogen-bond donors (Lipinski definition) is 1. The summed E-state index contributed by atoms with van der Waals surface area (Å²) >= 11 is 1.49. The van der Waals surface area contributed by atoms with E-state index >= 15 is 0 Å². The third kappa shape index (κ3) is 4.42. The van der Waals surface area contributed by atoms with Crippen LogP contribution < -0.4 is 10.3 Å². The minimum Gasteiger partial charge on any atom is -0.491 e. The quantitative estimate of drug-likeness (QED) is 0.444. The van der Waals surface area contributed by atoms with Crippen LogP contribution in [0.1, 0.15) is 22.2 Å². The molecule has 0 saturated carbocycles. The molecule has 0 amide bonds. The van der Waals surface area contributed by atoms with Gasteiger partial charge in [-0.15, -0.1) is 11.3 Å². The first kappa shape index (κ1) is 21.0. The van der Waals surface area contributed by atoms with Crippen LogP contribution in [0.25, 0.3) is 21.3 Å². The highest BCUT2D eigenvalue weighted by atomic mass is 32.1. The largest absolute Gasteiger partial charge is 0.491 e. The van der Waals surface area contributed by atoms with E-state index in [-0.39, 0.29) is 24.5 Å². The number of aromatic nitrogens is 2. The van der Waals surface area contributed by atoms with Crippen molar-refractivity contribution in [2.45, 2.75) is 26.5 Å². The van der Waals surface area contributed by atoms with Gasteiger partial charge in [-0.25, -0.2) is 4.98 Å². The highest BCUT2D eigenvalue weighted by molar-refractivity contribution is 7.19. The summed E-state index contributed by atoms with van der Waals surface area (Å²) in [6.45, 7) is 3.56. The zero-order valence-electron chi connectivity index (χ0n) is 17.2. The second-order valence-electron chi connectivity index (χ2n) is 7.33. The Labute approximate surface area is 183 Å². The van der Waals surface area contributed by atoms with Gasteiger partial charge in [0.2, 0.25) is 0 Å². The number of fused-ring (bicyclic) bond motifs is 1. The topological polar surface area (TPSA) is 81.4 Å². The van der Waals surface area contributed by atoms with Gasteiger partial charge in [0.05, 0.1) is 18.3 Å². The van der Waals surface area contributed by atoms with Crippen LogP contribution in [0.5, 0.6) is 5.75 Å². The molecule has 2 aromatic heterocycles. The fraction of sp³-hybridized carbons (Fsp3) is 0.208. The molecule has 0 aliphatic rings. The average molecular weight is 435 g/mol. The van der Waals surface area contributed by atoms with Gasteiger partial charge in [0, 0.05) is 16.0 Å². The highest BCUT2D eigenvalue weighted by Crippen LogP contribution is 2.35. The van der Waals surface area contributed by atoms with Crippen molar-refractivity contribution in [2.75, 3.05) is 6.61 Å². The first-order chi connectivity index (χ1) is 14.9. The van der Waals surface area contributed by atoms with Gasteiger partial charge in [0.15, 0.2) is 5.78 Å². The van der Waals surface area contributed by atoms with Crippen molar-refractivity contribution >= 4 is 27.3 Å². The third-order valence-corrected chi connectivity index (χ3v) is 6.04. The molecule has 0 aliphatic carbocycles. The number of carbonyl (C=O) groups is 1. The predicted octanol–water partition coefficient (Wildman–Crippen LogP) is 4.08. The Morgan fingerprint density at radius 1 is 1.16 bits per heavy atom. The molecule has 0 fully saturated rings. The standard InChI is InChI=1S/C24H22N2O4S/c1-15(27)17-8-10-20(11-9-17)30-13-19(28)12-26-14-25-23-22(24(26)29)21(16(2)31-23)18-6-4-3-5-7-18/h3-11,14,19,28H,12-13H2,1-2H3/t19-/m0/s1. The number of Topliss-reactive ketones (excluding diaryl/α,β-unsaturated/α-hetero) is 1. The minimum absolute atomic E-state index is 0.0120. The highest BCUT2D eigenvalue weighted by Gasteiger charge is 2.18. The maximum Gasteiger partial charge on any atom is 0.262 e. The van der Waals surface area contributed by atoms with Crippen LogP contribution in [-0.2, 0) is 6.54 Å². The predicted molar refractivity (Wildman–Crippen MR) is 122 cm³/mol. The van der Waals surface area contributed by atoms with E-state index in [1.54, 1.807) is 24.3 Å². The summed E-state index contributed by atoms with van der Waals surface area (Å²) in [6, 6.07) is 16.5. The Balaban J connectivity index is 1.54. The number of aliphatic hydroxyl groups excluding tert-OH is 1. The summed E-state index contributed by atoms with van der Waals surface area (Å²) < 4.78 is 7.03. The monoisotopic (exact) mass is 434 g/mol. The van der Waals surface area contributed by atoms with Gasteiger partial charge in [-0.3, -0.25) is 14.2 Å². The molecule has 0 aliphatic heterocycles. The van der Waals surface area contributed by atoms with Crippen molar-refractivity contribution < 1.29 is 14.6 Å². The van der Waals surface area contributed by atoms with E-state index in [2.05, 4.69) is 4.98 Å². The van der Waals surface area contributed by atoms with Crippen molar-refractivity contribution in [1.82, 2.24) is 9.55 Å². The fourth-order valence-electron chi connectivity index (χ4n) is 3.48. The fourth-order valence-corrected chi connectivity index (χ4v) is 4.48. The zero-order chi connectivity index (χ0) is 22.0. The molecule has 0 radical (unpaired) electrons. The molecule has 2 heterocycles. The second kappa shape index (κ2) is 8.83. The molecule has 1 N–H and O–H groups in total. The molecule has 158 valence electrons. The molecule has 6 nitrogen and oxygen atoms in total. The maximum absolute atomic E-state index is 13.2. The number of nitrogens with zero attached hydrogens (tertiary/aromatic N) is 2. The summed E-state index contributed by atoms with van der Waals surface area (Å²) in [4.78, 5) is 30.7. The number of ether oxygens (including phenoxy) is 1. The molecule has 4 aromatic rings. The lowest BCUT2D eigenvalue weighted by Gasteiger charge is -2.14. The Bertz CT molecular complexity index is 1280. The van der Waals surface area contributed by atoms with Gasteiger partial charge in [0.1, 0.15) is 23.3 Å². The maximum atomic E-state index is 13.2. The third-order valence-electron chi connectivity index (χ3n) is 5.03. The Morgan fingerprint density at radius 2 is 1.87 bits per heavy atom. The number of hydrogen-bond acceptors (Lipinski definition) is 6. The van der Waals surface area contributed by atoms with Crippen LogP contribution in [-0.4, -0.2) is 33.2 Å². The summed E-state index contributed by atoms with van der Waals surface area (Å²) in [5.41, 5.74) is 2.28. The summed E-state index contributed by atoms with van der Waals surface area (Å²) in [7, 11) is 0. The van der Waals surface area contributed by atoms with E-state index in [1.165, 1.54) is 29.2 Å². The molecular weight excluding hydrogens is 412 g/mol. The molecule has 0 unspecified atom stereocenters. The van der Waals surface area contributed by atoms with Crippen LogP contribution in [0.4, 0.5) is 0 Å². The second-order valence-corrected chi connectivity index (χ2v) is 8.53. The van der Waals surface area contributed by atoms with Gasteiger partial charge in [-0.05, 0) is 43.7 Å². The van der Waals surface area contributed by atoms with E-state index < -0.39 is 6.10 Å². The van der Waals surface area contributed by atoms with E-state index in [9.17, 15) is 14.7 Å².